The van der Waals surface area contributed by atoms with Crippen LogP contribution in [0.5, 0.6) is 0 Å². The number of H-pyrrole nitrogens is 1. The van der Waals surface area contributed by atoms with Gasteiger partial charge in [-0.15, -0.1) is 11.3 Å². The molecular formula is C12H12N2O3S. The predicted molar refractivity (Wildman–Crippen MR) is 68.3 cm³/mol. The van der Waals surface area contributed by atoms with Crippen molar-refractivity contribution in [1.82, 2.24) is 9.97 Å². The van der Waals surface area contributed by atoms with Crippen LogP contribution >= 0.6 is 11.3 Å². The highest BCUT2D eigenvalue weighted by molar-refractivity contribution is 7.19. The fourth-order valence-electron chi connectivity index (χ4n) is 2.57. The number of aliphatic carboxylic acids is 1. The number of aryl methyl sites for hydroxylation is 2. The smallest absolute Gasteiger partial charge is 0.311 e. The second-order valence-electron chi connectivity index (χ2n) is 4.56. The van der Waals surface area contributed by atoms with Crippen molar-refractivity contribution in [2.24, 2.45) is 0 Å². The van der Waals surface area contributed by atoms with Crippen LogP contribution < -0.4 is 5.56 Å². The lowest BCUT2D eigenvalue weighted by Crippen LogP contribution is -2.17. The minimum absolute atomic E-state index is 0.152. The summed E-state index contributed by atoms with van der Waals surface area (Å²) in [7, 11) is 0. The van der Waals surface area contributed by atoms with Crippen molar-refractivity contribution >= 4 is 27.5 Å². The number of nitrogens with zero attached hydrogens (tertiary/aromatic N) is 1. The fourth-order valence-corrected chi connectivity index (χ4v) is 3.97. The van der Waals surface area contributed by atoms with Gasteiger partial charge >= 0.3 is 5.97 Å². The van der Waals surface area contributed by atoms with E-state index in [1.165, 1.54) is 11.3 Å². The van der Waals surface area contributed by atoms with E-state index in [9.17, 15) is 14.7 Å². The van der Waals surface area contributed by atoms with E-state index in [1.54, 1.807) is 6.92 Å². The Bertz CT molecular complexity index is 701. The number of nitrogens with one attached hydrogen (secondary N) is 1. The third-order valence-corrected chi connectivity index (χ3v) is 4.58. The second kappa shape index (κ2) is 3.91. The lowest BCUT2D eigenvalue weighted by molar-refractivity contribution is -0.139. The van der Waals surface area contributed by atoms with E-state index in [-0.39, 0.29) is 5.56 Å². The molecule has 5 nitrogen and oxygen atoms in total. The zero-order valence-corrected chi connectivity index (χ0v) is 10.6. The van der Waals surface area contributed by atoms with Gasteiger partial charge in [0, 0.05) is 4.88 Å². The number of hydrogen-bond acceptors (Lipinski definition) is 4. The molecule has 0 aliphatic heterocycles. The normalized spacial score (nSPS) is 18.8. The van der Waals surface area contributed by atoms with Crippen LogP contribution in [0.4, 0.5) is 0 Å². The Hall–Kier alpha value is -1.69. The van der Waals surface area contributed by atoms with Gasteiger partial charge in [-0.2, -0.15) is 0 Å². The summed E-state index contributed by atoms with van der Waals surface area (Å²) in [6.07, 6.45) is 2.22. The monoisotopic (exact) mass is 264 g/mol. The molecule has 2 aromatic heterocycles. The average Bonchev–Trinajstić information content (AvgIpc) is 2.65. The summed E-state index contributed by atoms with van der Waals surface area (Å²) in [5.41, 5.74) is 0.739. The van der Waals surface area contributed by atoms with Gasteiger partial charge in [0.1, 0.15) is 10.7 Å². The van der Waals surface area contributed by atoms with E-state index in [0.717, 1.165) is 23.3 Å². The SMILES string of the molecule is Cc1nc2sc3c(c2c(=O)[nH]1)CCCC3C(=O)O. The lowest BCUT2D eigenvalue weighted by Gasteiger charge is -2.17. The van der Waals surface area contributed by atoms with Crippen LogP contribution in [0, 0.1) is 6.92 Å². The summed E-state index contributed by atoms with van der Waals surface area (Å²) in [6.45, 7) is 1.73. The number of carboxylic acids is 1. The highest BCUT2D eigenvalue weighted by atomic mass is 32.1. The molecule has 1 aliphatic carbocycles. The van der Waals surface area contributed by atoms with Gasteiger partial charge in [-0.05, 0) is 31.7 Å². The Labute approximate surface area is 106 Å². The predicted octanol–water partition coefficient (Wildman–Crippen LogP) is 1.80. The van der Waals surface area contributed by atoms with Gasteiger partial charge in [-0.3, -0.25) is 9.59 Å². The first kappa shape index (κ1) is 11.4. The number of hydrogen-bond donors (Lipinski definition) is 2. The molecule has 3 rings (SSSR count). The van der Waals surface area contributed by atoms with Gasteiger partial charge in [0.15, 0.2) is 0 Å². The molecule has 0 spiro atoms. The Morgan fingerprint density at radius 3 is 3.06 bits per heavy atom. The van der Waals surface area contributed by atoms with Crippen molar-refractivity contribution in [3.05, 3.63) is 26.6 Å². The van der Waals surface area contributed by atoms with Crippen molar-refractivity contribution in [2.75, 3.05) is 0 Å². The highest BCUT2D eigenvalue weighted by Gasteiger charge is 2.30. The number of aromatic nitrogens is 2. The van der Waals surface area contributed by atoms with Crippen LogP contribution in [0.15, 0.2) is 4.79 Å². The molecule has 0 aromatic carbocycles. The molecule has 6 heteroatoms. The van der Waals surface area contributed by atoms with Crippen molar-refractivity contribution in [3.8, 4) is 0 Å². The molecule has 2 aromatic rings. The Kier molecular flexibility index (Phi) is 2.48. The molecule has 1 atom stereocenters. The van der Waals surface area contributed by atoms with E-state index >= 15 is 0 Å². The Morgan fingerprint density at radius 2 is 2.33 bits per heavy atom. The van der Waals surface area contributed by atoms with E-state index in [0.29, 0.717) is 22.5 Å². The molecule has 18 heavy (non-hydrogen) atoms. The van der Waals surface area contributed by atoms with Crippen LogP contribution in [0.25, 0.3) is 10.2 Å². The third-order valence-electron chi connectivity index (χ3n) is 3.34. The van der Waals surface area contributed by atoms with Gasteiger partial charge < -0.3 is 10.1 Å². The molecule has 1 unspecified atom stereocenters. The van der Waals surface area contributed by atoms with Crippen molar-refractivity contribution < 1.29 is 9.90 Å². The third kappa shape index (κ3) is 1.56. The van der Waals surface area contributed by atoms with Crippen molar-refractivity contribution in [3.63, 3.8) is 0 Å². The minimum Gasteiger partial charge on any atom is -0.481 e. The maximum atomic E-state index is 12.0. The van der Waals surface area contributed by atoms with Crippen molar-refractivity contribution in [1.29, 1.82) is 0 Å². The number of thiophene rings is 1. The van der Waals surface area contributed by atoms with Crippen LogP contribution in [-0.4, -0.2) is 21.0 Å². The largest absolute Gasteiger partial charge is 0.481 e. The quantitative estimate of drug-likeness (QED) is 0.822. The zero-order chi connectivity index (χ0) is 12.9. The summed E-state index contributed by atoms with van der Waals surface area (Å²) < 4.78 is 0. The maximum absolute atomic E-state index is 12.0. The first-order valence-electron chi connectivity index (χ1n) is 5.83. The number of carbonyl (C=O) groups is 1. The number of fused-ring (bicyclic) bond motifs is 3. The van der Waals surface area contributed by atoms with E-state index in [1.807, 2.05) is 0 Å². The van der Waals surface area contributed by atoms with Gasteiger partial charge in [-0.25, -0.2) is 4.98 Å². The van der Waals surface area contributed by atoms with Crippen LogP contribution in [0.1, 0.15) is 35.0 Å². The Morgan fingerprint density at radius 1 is 1.56 bits per heavy atom. The summed E-state index contributed by atoms with van der Waals surface area (Å²) >= 11 is 1.35. The molecule has 0 fully saturated rings. The van der Waals surface area contributed by atoms with Crippen LogP contribution in [-0.2, 0) is 11.2 Å². The van der Waals surface area contributed by atoms with Crippen LogP contribution in [0.3, 0.4) is 0 Å². The summed E-state index contributed by atoms with van der Waals surface area (Å²) in [5.74, 6) is -0.721. The molecule has 0 amide bonds. The molecule has 0 radical (unpaired) electrons. The van der Waals surface area contributed by atoms with Gasteiger partial charge in [0.2, 0.25) is 0 Å². The molecule has 2 N–H and O–H groups in total. The average molecular weight is 264 g/mol. The zero-order valence-electron chi connectivity index (χ0n) is 9.82. The summed E-state index contributed by atoms with van der Waals surface area (Å²) in [4.78, 5) is 31.7. The van der Waals surface area contributed by atoms with E-state index < -0.39 is 11.9 Å². The van der Waals surface area contributed by atoms with Gasteiger partial charge in [0.25, 0.3) is 5.56 Å². The first-order valence-corrected chi connectivity index (χ1v) is 6.64. The van der Waals surface area contributed by atoms with E-state index in [2.05, 4.69) is 9.97 Å². The first-order chi connectivity index (χ1) is 8.58. The highest BCUT2D eigenvalue weighted by Crippen LogP contribution is 2.40. The van der Waals surface area contributed by atoms with Gasteiger partial charge in [0.05, 0.1) is 11.3 Å². The molecule has 0 saturated carbocycles. The fraction of sp³-hybridized carbons (Fsp3) is 0.417. The van der Waals surface area contributed by atoms with Crippen LogP contribution in [0.2, 0.25) is 0 Å². The molecule has 0 saturated heterocycles. The second-order valence-corrected chi connectivity index (χ2v) is 5.59. The standard InChI is InChI=1S/C12H12N2O3S/c1-5-13-10(15)8-6-3-2-4-7(12(16)17)9(6)18-11(8)14-5/h7H,2-4H2,1H3,(H,16,17)(H,13,14,15). The number of rotatable bonds is 1. The topological polar surface area (TPSA) is 83.0 Å². The molecule has 1 aliphatic rings. The Balaban J connectivity index is 2.34. The summed E-state index contributed by atoms with van der Waals surface area (Å²) in [6, 6.07) is 0. The maximum Gasteiger partial charge on any atom is 0.311 e. The molecule has 0 bridgehead atoms. The molecule has 94 valence electrons. The van der Waals surface area contributed by atoms with Gasteiger partial charge in [-0.1, -0.05) is 0 Å². The molecular weight excluding hydrogens is 252 g/mol. The number of carboxylic acid groups (broad SMARTS) is 1. The lowest BCUT2D eigenvalue weighted by atomic mass is 9.88. The molecule has 2 heterocycles. The minimum atomic E-state index is -0.810. The number of aromatic amines is 1. The van der Waals surface area contributed by atoms with E-state index in [4.69, 9.17) is 0 Å². The summed E-state index contributed by atoms with van der Waals surface area (Å²) in [5, 5.41) is 9.82. The van der Waals surface area contributed by atoms with Crippen molar-refractivity contribution in [2.45, 2.75) is 32.1 Å².